The molecular weight excluding hydrogens is 566 g/mol. The summed E-state index contributed by atoms with van der Waals surface area (Å²) in [6, 6.07) is 36.6. The minimum absolute atomic E-state index is 0.0787. The average Bonchev–Trinajstić information content (AvgIpc) is 3.01. The van der Waals surface area contributed by atoms with Crippen molar-refractivity contribution < 1.29 is 14.4 Å². The van der Waals surface area contributed by atoms with Gasteiger partial charge in [-0.1, -0.05) is 72.3 Å². The number of hydrogen-bond donors (Lipinski definition) is 3. The Morgan fingerprint density at radius 1 is 0.690 bits per heavy atom. The van der Waals surface area contributed by atoms with Crippen molar-refractivity contribution in [3.8, 4) is 0 Å². The summed E-state index contributed by atoms with van der Waals surface area (Å²) >= 11 is 7.39. The van der Waals surface area contributed by atoms with Gasteiger partial charge >= 0.3 is 0 Å². The van der Waals surface area contributed by atoms with Crippen molar-refractivity contribution in [2.45, 2.75) is 4.90 Å². The van der Waals surface area contributed by atoms with Gasteiger partial charge < -0.3 is 16.0 Å². The van der Waals surface area contributed by atoms with E-state index in [0.717, 1.165) is 21.4 Å². The monoisotopic (exact) mass is 591 g/mol. The third kappa shape index (κ3) is 7.87. The Labute approximate surface area is 252 Å². The number of benzene rings is 5. The van der Waals surface area contributed by atoms with Crippen LogP contribution in [0.2, 0.25) is 5.02 Å². The predicted molar refractivity (Wildman–Crippen MR) is 172 cm³/mol. The second kappa shape index (κ2) is 13.7. The number of nitrogens with one attached hydrogen (secondary N) is 3. The molecule has 5 aromatic rings. The molecule has 6 nitrogen and oxygen atoms in total. The summed E-state index contributed by atoms with van der Waals surface area (Å²) in [4.78, 5) is 39.4. The molecule has 0 aromatic heterocycles. The molecule has 0 heterocycles. The number of fused-ring (bicyclic) bond motifs is 1. The van der Waals surface area contributed by atoms with E-state index in [4.69, 9.17) is 11.6 Å². The number of halogens is 1. The zero-order valence-electron chi connectivity index (χ0n) is 22.3. The summed E-state index contributed by atoms with van der Waals surface area (Å²) in [6.07, 6.45) is 1.59. The van der Waals surface area contributed by atoms with Gasteiger partial charge in [-0.25, -0.2) is 0 Å². The number of thioether (sulfide) groups is 1. The van der Waals surface area contributed by atoms with Crippen LogP contribution in [0, 0.1) is 0 Å². The maximum atomic E-state index is 13.2. The summed E-state index contributed by atoms with van der Waals surface area (Å²) in [5.74, 6) is -0.763. The first-order chi connectivity index (χ1) is 20.4. The molecule has 208 valence electrons. The summed E-state index contributed by atoms with van der Waals surface area (Å²) in [5.41, 5.74) is 2.50. The molecule has 42 heavy (non-hydrogen) atoms. The highest BCUT2D eigenvalue weighted by Gasteiger charge is 2.15. The van der Waals surface area contributed by atoms with Gasteiger partial charge in [0.15, 0.2) is 0 Å². The Hall–Kier alpha value is -4.85. The molecular formula is C34H26ClN3O3S. The topological polar surface area (TPSA) is 87.3 Å². The van der Waals surface area contributed by atoms with Crippen molar-refractivity contribution in [3.63, 3.8) is 0 Å². The van der Waals surface area contributed by atoms with E-state index in [1.54, 1.807) is 66.7 Å². The zero-order valence-corrected chi connectivity index (χ0v) is 23.9. The normalized spacial score (nSPS) is 11.1. The van der Waals surface area contributed by atoms with Gasteiger partial charge in [0.25, 0.3) is 11.8 Å². The minimum Gasteiger partial charge on any atom is -0.325 e. The lowest BCUT2D eigenvalue weighted by atomic mass is 10.1. The van der Waals surface area contributed by atoms with Crippen LogP contribution in [0.25, 0.3) is 16.8 Å². The lowest BCUT2D eigenvalue weighted by Crippen LogP contribution is -2.30. The molecule has 8 heteroatoms. The molecule has 0 saturated heterocycles. The van der Waals surface area contributed by atoms with Crippen LogP contribution in [0.5, 0.6) is 0 Å². The number of rotatable bonds is 9. The molecule has 0 aliphatic rings. The van der Waals surface area contributed by atoms with Crippen LogP contribution in [-0.4, -0.2) is 23.5 Å². The van der Waals surface area contributed by atoms with Crippen molar-refractivity contribution in [1.29, 1.82) is 0 Å². The van der Waals surface area contributed by atoms with Gasteiger partial charge in [0.05, 0.1) is 5.75 Å². The molecule has 0 aliphatic carbocycles. The molecule has 0 unspecified atom stereocenters. The van der Waals surface area contributed by atoms with Gasteiger partial charge in [0.1, 0.15) is 5.70 Å². The maximum Gasteiger partial charge on any atom is 0.272 e. The van der Waals surface area contributed by atoms with Crippen LogP contribution < -0.4 is 16.0 Å². The van der Waals surface area contributed by atoms with E-state index in [1.165, 1.54) is 11.8 Å². The molecule has 0 saturated carbocycles. The van der Waals surface area contributed by atoms with E-state index in [-0.39, 0.29) is 17.4 Å². The minimum atomic E-state index is -0.482. The number of amides is 3. The Balaban J connectivity index is 1.20. The van der Waals surface area contributed by atoms with E-state index < -0.39 is 11.8 Å². The van der Waals surface area contributed by atoms with Gasteiger partial charge in [-0.2, -0.15) is 0 Å². The van der Waals surface area contributed by atoms with E-state index in [0.29, 0.717) is 21.8 Å². The van der Waals surface area contributed by atoms with Gasteiger partial charge in [0, 0.05) is 26.9 Å². The third-order valence-corrected chi connectivity index (χ3v) is 7.49. The molecule has 0 fully saturated rings. The van der Waals surface area contributed by atoms with Gasteiger partial charge in [-0.05, 0) is 83.1 Å². The molecule has 0 atom stereocenters. The fourth-order valence-corrected chi connectivity index (χ4v) is 4.94. The molecule has 0 radical (unpaired) electrons. The molecule has 5 aromatic carbocycles. The largest absolute Gasteiger partial charge is 0.325 e. The van der Waals surface area contributed by atoms with Gasteiger partial charge in [-0.3, -0.25) is 14.4 Å². The highest BCUT2D eigenvalue weighted by atomic mass is 35.5. The standard InChI is InChI=1S/C34H26ClN3O3S/c35-27-13-10-23(11-14-27)20-31(38-33(40)25-7-2-1-3-8-25)34(41)37-28-16-18-30(19-17-28)42-22-32(39)36-29-15-12-24-6-4-5-9-26(24)21-29/h1-21H,22H2,(H,36,39)(H,37,41)(H,38,40)/b31-20-. The first kappa shape index (κ1) is 28.7. The van der Waals surface area contributed by atoms with Crippen LogP contribution in [0.15, 0.2) is 132 Å². The fraction of sp³-hybridized carbons (Fsp3) is 0.0294. The Kier molecular flexibility index (Phi) is 9.33. The molecule has 0 aliphatic heterocycles. The Morgan fingerprint density at radius 2 is 1.36 bits per heavy atom. The first-order valence-electron chi connectivity index (χ1n) is 13.1. The van der Waals surface area contributed by atoms with E-state index in [1.807, 2.05) is 60.7 Å². The first-order valence-corrected chi connectivity index (χ1v) is 14.5. The van der Waals surface area contributed by atoms with E-state index in [9.17, 15) is 14.4 Å². The van der Waals surface area contributed by atoms with Crippen LogP contribution in [0.4, 0.5) is 11.4 Å². The molecule has 3 amide bonds. The summed E-state index contributed by atoms with van der Waals surface area (Å²) in [5, 5.41) is 11.2. The quantitative estimate of drug-likeness (QED) is 0.121. The Bertz CT molecular complexity index is 1760. The summed E-state index contributed by atoms with van der Waals surface area (Å²) in [7, 11) is 0. The van der Waals surface area contributed by atoms with Crippen LogP contribution in [-0.2, 0) is 9.59 Å². The molecule has 5 rings (SSSR count). The SMILES string of the molecule is O=C(CSc1ccc(NC(=O)/C(=C/c2ccc(Cl)cc2)NC(=O)c2ccccc2)cc1)Nc1ccc2ccccc2c1. The number of carbonyl (C=O) groups excluding carboxylic acids is 3. The number of anilines is 2. The highest BCUT2D eigenvalue weighted by molar-refractivity contribution is 8.00. The lowest BCUT2D eigenvalue weighted by Gasteiger charge is -2.12. The molecule has 0 spiro atoms. The fourth-order valence-electron chi connectivity index (χ4n) is 4.11. The van der Waals surface area contributed by atoms with Gasteiger partial charge in [-0.15, -0.1) is 11.8 Å². The van der Waals surface area contributed by atoms with Crippen molar-refractivity contribution in [2.24, 2.45) is 0 Å². The van der Waals surface area contributed by atoms with Crippen LogP contribution in [0.1, 0.15) is 15.9 Å². The number of hydrogen-bond acceptors (Lipinski definition) is 4. The molecule has 0 bridgehead atoms. The zero-order chi connectivity index (χ0) is 29.3. The van der Waals surface area contributed by atoms with Crippen molar-refractivity contribution in [3.05, 3.63) is 143 Å². The van der Waals surface area contributed by atoms with E-state index >= 15 is 0 Å². The second-order valence-corrected chi connectivity index (χ2v) is 10.8. The predicted octanol–water partition coefficient (Wildman–Crippen LogP) is 7.63. The number of carbonyl (C=O) groups is 3. The third-order valence-electron chi connectivity index (χ3n) is 6.23. The summed E-state index contributed by atoms with van der Waals surface area (Å²) in [6.45, 7) is 0. The average molecular weight is 592 g/mol. The van der Waals surface area contributed by atoms with Crippen molar-refractivity contribution in [1.82, 2.24) is 5.32 Å². The maximum absolute atomic E-state index is 13.2. The van der Waals surface area contributed by atoms with Crippen LogP contribution >= 0.6 is 23.4 Å². The van der Waals surface area contributed by atoms with Gasteiger partial charge in [0.2, 0.25) is 5.91 Å². The van der Waals surface area contributed by atoms with E-state index in [2.05, 4.69) is 16.0 Å². The Morgan fingerprint density at radius 3 is 2.10 bits per heavy atom. The second-order valence-electron chi connectivity index (χ2n) is 9.31. The highest BCUT2D eigenvalue weighted by Crippen LogP contribution is 2.23. The summed E-state index contributed by atoms with van der Waals surface area (Å²) < 4.78 is 0. The van der Waals surface area contributed by atoms with Crippen molar-refractivity contribution >= 4 is 69.3 Å². The molecule has 3 N–H and O–H groups in total. The lowest BCUT2D eigenvalue weighted by molar-refractivity contribution is -0.114. The van der Waals surface area contributed by atoms with Crippen LogP contribution in [0.3, 0.4) is 0 Å². The smallest absolute Gasteiger partial charge is 0.272 e. The van der Waals surface area contributed by atoms with Crippen molar-refractivity contribution in [2.75, 3.05) is 16.4 Å².